The van der Waals surface area contributed by atoms with E-state index in [4.69, 9.17) is 0 Å². The van der Waals surface area contributed by atoms with E-state index in [-0.39, 0.29) is 0 Å². The first kappa shape index (κ1) is 15.3. The Labute approximate surface area is 134 Å². The van der Waals surface area contributed by atoms with E-state index < -0.39 is 0 Å². The summed E-state index contributed by atoms with van der Waals surface area (Å²) in [5.41, 5.74) is 1.78. The number of rotatable bonds is 5. The van der Waals surface area contributed by atoms with Gasteiger partial charge in [-0.05, 0) is 44.3 Å². The maximum Gasteiger partial charge on any atom is 0.191 e. The summed E-state index contributed by atoms with van der Waals surface area (Å²) in [5, 5.41) is 7.03. The Balaban J connectivity index is 1.47. The molecule has 0 aromatic heterocycles. The molecule has 2 fully saturated rings. The number of guanidine groups is 1. The summed E-state index contributed by atoms with van der Waals surface area (Å²) >= 11 is 0. The molecule has 4 nitrogen and oxygen atoms in total. The molecule has 120 valence electrons. The molecule has 1 aliphatic carbocycles. The minimum atomic E-state index is 0.326. The van der Waals surface area contributed by atoms with Gasteiger partial charge in [-0.1, -0.05) is 30.3 Å². The van der Waals surface area contributed by atoms with E-state index in [1.807, 2.05) is 7.05 Å². The Kier molecular flexibility index (Phi) is 4.67. The van der Waals surface area contributed by atoms with Crippen molar-refractivity contribution in [3.63, 3.8) is 0 Å². The Hall–Kier alpha value is -1.55. The highest BCUT2D eigenvalue weighted by Crippen LogP contribution is 2.47. The Morgan fingerprint density at radius 1 is 1.27 bits per heavy atom. The highest BCUT2D eigenvalue weighted by atomic mass is 15.2. The molecule has 0 amide bonds. The molecular weight excluding hydrogens is 272 g/mol. The standard InChI is InChI=1S/C18H28N4/c1-19-17(20-12-15-8-11-22(2)13-15)21-14-18(9-10-18)16-6-4-3-5-7-16/h3-7,15H,8-14H2,1-2H3,(H2,19,20,21). The fraction of sp³-hybridized carbons (Fsp3) is 0.611. The van der Waals surface area contributed by atoms with Crippen LogP contribution in [-0.4, -0.2) is 51.1 Å². The van der Waals surface area contributed by atoms with Gasteiger partial charge in [-0.3, -0.25) is 4.99 Å². The third-order valence-electron chi connectivity index (χ3n) is 5.10. The number of aliphatic imine (C=N–C) groups is 1. The lowest BCUT2D eigenvalue weighted by Gasteiger charge is -2.20. The van der Waals surface area contributed by atoms with Crippen LogP contribution in [0, 0.1) is 5.92 Å². The summed E-state index contributed by atoms with van der Waals surface area (Å²) in [6.07, 6.45) is 3.83. The smallest absolute Gasteiger partial charge is 0.191 e. The molecule has 0 radical (unpaired) electrons. The molecule has 1 aromatic carbocycles. The van der Waals surface area contributed by atoms with Crippen molar-refractivity contribution in [3.05, 3.63) is 35.9 Å². The molecule has 3 rings (SSSR count). The zero-order chi connectivity index (χ0) is 15.4. The highest BCUT2D eigenvalue weighted by molar-refractivity contribution is 5.79. The predicted molar refractivity (Wildman–Crippen MR) is 92.3 cm³/mol. The Bertz CT molecular complexity index is 507. The number of nitrogens with one attached hydrogen (secondary N) is 2. The van der Waals surface area contributed by atoms with Gasteiger partial charge in [0.25, 0.3) is 0 Å². The maximum atomic E-state index is 4.37. The molecule has 4 heteroatoms. The second-order valence-electron chi connectivity index (χ2n) is 6.87. The van der Waals surface area contributed by atoms with E-state index in [2.05, 4.69) is 57.9 Å². The van der Waals surface area contributed by atoms with Gasteiger partial charge in [-0.2, -0.15) is 0 Å². The van der Waals surface area contributed by atoms with Crippen molar-refractivity contribution in [1.29, 1.82) is 0 Å². The van der Waals surface area contributed by atoms with Crippen LogP contribution in [0.25, 0.3) is 0 Å². The van der Waals surface area contributed by atoms with E-state index in [9.17, 15) is 0 Å². The summed E-state index contributed by atoms with van der Waals surface area (Å²) in [5.74, 6) is 1.68. The van der Waals surface area contributed by atoms with Crippen molar-refractivity contribution in [2.24, 2.45) is 10.9 Å². The summed E-state index contributed by atoms with van der Waals surface area (Å²) in [4.78, 5) is 6.77. The van der Waals surface area contributed by atoms with Gasteiger partial charge in [0.2, 0.25) is 0 Å². The van der Waals surface area contributed by atoms with Gasteiger partial charge in [0.1, 0.15) is 0 Å². The van der Waals surface area contributed by atoms with Gasteiger partial charge in [0.15, 0.2) is 5.96 Å². The van der Waals surface area contributed by atoms with Crippen LogP contribution in [0.15, 0.2) is 35.3 Å². The zero-order valence-electron chi connectivity index (χ0n) is 13.8. The molecule has 2 aliphatic rings. The number of nitrogens with zero attached hydrogens (tertiary/aromatic N) is 2. The molecule has 0 bridgehead atoms. The van der Waals surface area contributed by atoms with E-state index >= 15 is 0 Å². The Morgan fingerprint density at radius 3 is 2.64 bits per heavy atom. The van der Waals surface area contributed by atoms with Crippen LogP contribution >= 0.6 is 0 Å². The molecule has 1 unspecified atom stereocenters. The first-order valence-corrected chi connectivity index (χ1v) is 8.40. The largest absolute Gasteiger partial charge is 0.356 e. The predicted octanol–water partition coefficient (Wildman–Crippen LogP) is 1.83. The maximum absolute atomic E-state index is 4.37. The molecular formula is C18H28N4. The summed E-state index contributed by atoms with van der Waals surface area (Å²) in [6, 6.07) is 10.9. The molecule has 1 atom stereocenters. The topological polar surface area (TPSA) is 39.7 Å². The van der Waals surface area contributed by atoms with Crippen LogP contribution in [-0.2, 0) is 5.41 Å². The van der Waals surface area contributed by atoms with Crippen LogP contribution in [0.1, 0.15) is 24.8 Å². The molecule has 1 saturated heterocycles. The summed E-state index contributed by atoms with van der Waals surface area (Å²) in [6.45, 7) is 4.40. The van der Waals surface area contributed by atoms with Gasteiger partial charge >= 0.3 is 0 Å². The van der Waals surface area contributed by atoms with Gasteiger partial charge in [0.05, 0.1) is 0 Å². The first-order valence-electron chi connectivity index (χ1n) is 8.40. The second-order valence-corrected chi connectivity index (χ2v) is 6.87. The average Bonchev–Trinajstić information content (AvgIpc) is 3.24. The minimum absolute atomic E-state index is 0.326. The molecule has 1 aromatic rings. The monoisotopic (exact) mass is 300 g/mol. The van der Waals surface area contributed by atoms with Crippen molar-refractivity contribution in [1.82, 2.24) is 15.5 Å². The van der Waals surface area contributed by atoms with Crippen molar-refractivity contribution >= 4 is 5.96 Å². The summed E-state index contributed by atoms with van der Waals surface area (Å²) < 4.78 is 0. The van der Waals surface area contributed by atoms with E-state index in [0.717, 1.165) is 25.0 Å². The lowest BCUT2D eigenvalue weighted by molar-refractivity contribution is 0.393. The van der Waals surface area contributed by atoms with Crippen molar-refractivity contribution in [3.8, 4) is 0 Å². The van der Waals surface area contributed by atoms with Crippen LogP contribution < -0.4 is 10.6 Å². The molecule has 1 saturated carbocycles. The lowest BCUT2D eigenvalue weighted by atomic mass is 9.96. The number of hydrogen-bond donors (Lipinski definition) is 2. The third kappa shape index (κ3) is 3.61. The van der Waals surface area contributed by atoms with Gasteiger partial charge in [0, 0.05) is 32.1 Å². The fourth-order valence-electron chi connectivity index (χ4n) is 3.42. The van der Waals surface area contributed by atoms with Crippen molar-refractivity contribution in [2.45, 2.75) is 24.7 Å². The lowest BCUT2D eigenvalue weighted by Crippen LogP contribution is -2.43. The van der Waals surface area contributed by atoms with Gasteiger partial charge in [-0.15, -0.1) is 0 Å². The van der Waals surface area contributed by atoms with E-state index in [1.165, 1.54) is 37.9 Å². The number of hydrogen-bond acceptors (Lipinski definition) is 2. The van der Waals surface area contributed by atoms with Gasteiger partial charge < -0.3 is 15.5 Å². The highest BCUT2D eigenvalue weighted by Gasteiger charge is 2.44. The van der Waals surface area contributed by atoms with E-state index in [0.29, 0.717) is 5.41 Å². The minimum Gasteiger partial charge on any atom is -0.356 e. The van der Waals surface area contributed by atoms with Crippen molar-refractivity contribution < 1.29 is 0 Å². The summed E-state index contributed by atoms with van der Waals surface area (Å²) in [7, 11) is 4.06. The first-order chi connectivity index (χ1) is 10.7. The van der Waals surface area contributed by atoms with Crippen LogP contribution in [0.4, 0.5) is 0 Å². The molecule has 1 aliphatic heterocycles. The second kappa shape index (κ2) is 6.69. The quantitative estimate of drug-likeness (QED) is 0.644. The number of benzene rings is 1. The third-order valence-corrected chi connectivity index (χ3v) is 5.10. The fourth-order valence-corrected chi connectivity index (χ4v) is 3.42. The van der Waals surface area contributed by atoms with Crippen LogP contribution in [0.2, 0.25) is 0 Å². The number of likely N-dealkylation sites (tertiary alicyclic amines) is 1. The molecule has 2 N–H and O–H groups in total. The normalized spacial score (nSPS) is 24.3. The van der Waals surface area contributed by atoms with Gasteiger partial charge in [-0.25, -0.2) is 0 Å². The molecule has 0 spiro atoms. The molecule has 1 heterocycles. The Morgan fingerprint density at radius 2 is 2.05 bits per heavy atom. The van der Waals surface area contributed by atoms with Crippen LogP contribution in [0.5, 0.6) is 0 Å². The van der Waals surface area contributed by atoms with Crippen molar-refractivity contribution in [2.75, 3.05) is 40.3 Å². The molecule has 22 heavy (non-hydrogen) atoms. The average molecular weight is 300 g/mol. The SMILES string of the molecule is CN=C(NCC1CCN(C)C1)NCC1(c2ccccc2)CC1. The zero-order valence-corrected chi connectivity index (χ0v) is 13.8. The van der Waals surface area contributed by atoms with Crippen LogP contribution in [0.3, 0.4) is 0 Å². The van der Waals surface area contributed by atoms with E-state index in [1.54, 1.807) is 0 Å².